The van der Waals surface area contributed by atoms with Crippen molar-refractivity contribution in [3.05, 3.63) is 35.4 Å². The van der Waals surface area contributed by atoms with Gasteiger partial charge in [-0.2, -0.15) is 5.26 Å². The molecule has 6 nitrogen and oxygen atoms in total. The summed E-state index contributed by atoms with van der Waals surface area (Å²) in [5.41, 5.74) is 1.53. The van der Waals surface area contributed by atoms with E-state index >= 15 is 0 Å². The van der Waals surface area contributed by atoms with E-state index in [1.165, 1.54) is 0 Å². The van der Waals surface area contributed by atoms with E-state index in [9.17, 15) is 9.59 Å². The fourth-order valence-corrected chi connectivity index (χ4v) is 3.60. The number of fused-ring (bicyclic) bond motifs is 1. The Bertz CT molecular complexity index is 665. The molecule has 3 atom stereocenters. The first-order chi connectivity index (χ1) is 11.6. The first kappa shape index (κ1) is 16.3. The number of piperazine rings is 1. The van der Waals surface area contributed by atoms with Gasteiger partial charge in [0.05, 0.1) is 23.7 Å². The molecule has 3 rings (SSSR count). The van der Waals surface area contributed by atoms with Crippen LogP contribution in [0.25, 0.3) is 0 Å². The quantitative estimate of drug-likeness (QED) is 0.872. The number of nitrogens with zero attached hydrogens (tertiary/aromatic N) is 2. The molecule has 1 saturated carbocycles. The summed E-state index contributed by atoms with van der Waals surface area (Å²) in [7, 11) is 0. The van der Waals surface area contributed by atoms with Gasteiger partial charge in [0.15, 0.2) is 0 Å². The Morgan fingerprint density at radius 2 is 2.04 bits per heavy atom. The van der Waals surface area contributed by atoms with Crippen molar-refractivity contribution in [1.82, 2.24) is 15.5 Å². The van der Waals surface area contributed by atoms with Gasteiger partial charge < -0.3 is 15.5 Å². The SMILES string of the molecule is C[C@H](NC(=O)N1CC(=O)N[C@@H]2CCCC[C@H]21)c1ccc(C#N)cc1. The molecule has 1 heterocycles. The van der Waals surface area contributed by atoms with Gasteiger partial charge in [0, 0.05) is 6.04 Å². The standard InChI is InChI=1S/C18H22N4O2/c1-12(14-8-6-13(10-19)7-9-14)20-18(24)22-11-17(23)21-15-4-2-3-5-16(15)22/h6-9,12,15-16H,2-5,11H2,1H3,(H,20,24)(H,21,23)/t12-,15+,16+/m0/s1. The maximum Gasteiger partial charge on any atom is 0.318 e. The number of hydrogen-bond acceptors (Lipinski definition) is 3. The lowest BCUT2D eigenvalue weighted by Gasteiger charge is -2.44. The minimum Gasteiger partial charge on any atom is -0.350 e. The predicted molar refractivity (Wildman–Crippen MR) is 89.0 cm³/mol. The highest BCUT2D eigenvalue weighted by Crippen LogP contribution is 2.26. The van der Waals surface area contributed by atoms with Gasteiger partial charge in [0.1, 0.15) is 6.54 Å². The average molecular weight is 326 g/mol. The molecule has 3 amide bonds. The van der Waals surface area contributed by atoms with Gasteiger partial charge in [-0.3, -0.25) is 4.79 Å². The topological polar surface area (TPSA) is 85.2 Å². The van der Waals surface area contributed by atoms with E-state index in [0.717, 1.165) is 31.2 Å². The maximum atomic E-state index is 12.7. The van der Waals surface area contributed by atoms with Crippen molar-refractivity contribution in [3.63, 3.8) is 0 Å². The normalized spacial score (nSPS) is 24.3. The van der Waals surface area contributed by atoms with Crippen LogP contribution in [-0.2, 0) is 4.79 Å². The Hall–Kier alpha value is -2.55. The summed E-state index contributed by atoms with van der Waals surface area (Å²) in [6, 6.07) is 9.04. The Morgan fingerprint density at radius 1 is 1.33 bits per heavy atom. The summed E-state index contributed by atoms with van der Waals surface area (Å²) in [6.45, 7) is 2.02. The summed E-state index contributed by atoms with van der Waals surface area (Å²) >= 11 is 0. The summed E-state index contributed by atoms with van der Waals surface area (Å²) in [6.07, 6.45) is 4.06. The lowest BCUT2D eigenvalue weighted by Crippen LogP contribution is -2.64. The molecule has 0 unspecified atom stereocenters. The second kappa shape index (κ2) is 6.91. The van der Waals surface area contributed by atoms with E-state index in [1.54, 1.807) is 17.0 Å². The molecule has 1 saturated heterocycles. The third-order valence-corrected chi connectivity index (χ3v) is 4.93. The average Bonchev–Trinajstić information content (AvgIpc) is 2.60. The number of nitrogens with one attached hydrogen (secondary N) is 2. The van der Waals surface area contributed by atoms with Crippen LogP contribution in [0, 0.1) is 11.3 Å². The Morgan fingerprint density at radius 3 is 2.75 bits per heavy atom. The van der Waals surface area contributed by atoms with Crippen LogP contribution in [-0.4, -0.2) is 35.5 Å². The van der Waals surface area contributed by atoms with Crippen LogP contribution in [0.2, 0.25) is 0 Å². The number of nitriles is 1. The van der Waals surface area contributed by atoms with Crippen LogP contribution in [0.4, 0.5) is 4.79 Å². The predicted octanol–water partition coefficient (Wildman–Crippen LogP) is 2.07. The fraction of sp³-hybridized carbons (Fsp3) is 0.500. The van der Waals surface area contributed by atoms with Gasteiger partial charge in [-0.05, 0) is 37.5 Å². The largest absolute Gasteiger partial charge is 0.350 e. The third-order valence-electron chi connectivity index (χ3n) is 4.93. The summed E-state index contributed by atoms with van der Waals surface area (Å²) in [4.78, 5) is 26.3. The Kier molecular flexibility index (Phi) is 4.70. The molecule has 0 spiro atoms. The number of urea groups is 1. The number of carbonyl (C=O) groups excluding carboxylic acids is 2. The smallest absolute Gasteiger partial charge is 0.318 e. The van der Waals surface area contributed by atoms with Gasteiger partial charge in [-0.15, -0.1) is 0 Å². The highest BCUT2D eigenvalue weighted by Gasteiger charge is 2.39. The lowest BCUT2D eigenvalue weighted by atomic mass is 9.87. The molecule has 0 radical (unpaired) electrons. The van der Waals surface area contributed by atoms with E-state index in [2.05, 4.69) is 16.7 Å². The van der Waals surface area contributed by atoms with Crippen molar-refractivity contribution < 1.29 is 9.59 Å². The second-order valence-electron chi connectivity index (χ2n) is 6.56. The third kappa shape index (κ3) is 3.35. The van der Waals surface area contributed by atoms with E-state index < -0.39 is 0 Å². The molecule has 0 bridgehead atoms. The van der Waals surface area contributed by atoms with Crippen molar-refractivity contribution in [2.24, 2.45) is 0 Å². The second-order valence-corrected chi connectivity index (χ2v) is 6.56. The molecule has 1 aromatic rings. The molecule has 0 aromatic heterocycles. The number of amides is 3. The molecule has 6 heteroatoms. The molecule has 2 aliphatic rings. The molecule has 1 aliphatic heterocycles. The van der Waals surface area contributed by atoms with Crippen molar-refractivity contribution in [3.8, 4) is 6.07 Å². The van der Waals surface area contributed by atoms with E-state index in [4.69, 9.17) is 5.26 Å². The van der Waals surface area contributed by atoms with Crippen molar-refractivity contribution in [2.45, 2.75) is 50.7 Å². The summed E-state index contributed by atoms with van der Waals surface area (Å²) < 4.78 is 0. The van der Waals surface area contributed by atoms with Crippen molar-refractivity contribution in [1.29, 1.82) is 5.26 Å². The zero-order valence-electron chi connectivity index (χ0n) is 13.8. The van der Waals surface area contributed by atoms with E-state index in [0.29, 0.717) is 5.56 Å². The zero-order chi connectivity index (χ0) is 17.1. The summed E-state index contributed by atoms with van der Waals surface area (Å²) in [5, 5.41) is 14.8. The van der Waals surface area contributed by atoms with Crippen molar-refractivity contribution in [2.75, 3.05) is 6.54 Å². The molecule has 2 N–H and O–H groups in total. The minimum absolute atomic E-state index is 0.0796. The van der Waals surface area contributed by atoms with Gasteiger partial charge in [0.25, 0.3) is 0 Å². The number of benzene rings is 1. The minimum atomic E-state index is -0.196. The molecule has 1 aliphatic carbocycles. The first-order valence-corrected chi connectivity index (χ1v) is 8.45. The van der Waals surface area contributed by atoms with Crippen LogP contribution in [0.1, 0.15) is 49.8 Å². The molecule has 1 aromatic carbocycles. The van der Waals surface area contributed by atoms with Crippen LogP contribution in [0.3, 0.4) is 0 Å². The Labute approximate surface area is 141 Å². The van der Waals surface area contributed by atoms with E-state index in [1.807, 2.05) is 19.1 Å². The van der Waals surface area contributed by atoms with E-state index in [-0.39, 0.29) is 36.6 Å². The molecule has 24 heavy (non-hydrogen) atoms. The number of carbonyl (C=O) groups is 2. The van der Waals surface area contributed by atoms with Gasteiger partial charge in [-0.1, -0.05) is 25.0 Å². The first-order valence-electron chi connectivity index (χ1n) is 8.45. The highest BCUT2D eigenvalue weighted by atomic mass is 16.2. The maximum absolute atomic E-state index is 12.7. The Balaban J connectivity index is 1.68. The van der Waals surface area contributed by atoms with Gasteiger partial charge in [0.2, 0.25) is 5.91 Å². The van der Waals surface area contributed by atoms with Crippen LogP contribution < -0.4 is 10.6 Å². The molecular weight excluding hydrogens is 304 g/mol. The zero-order valence-corrected chi connectivity index (χ0v) is 13.8. The molecular formula is C18H22N4O2. The van der Waals surface area contributed by atoms with Gasteiger partial charge >= 0.3 is 6.03 Å². The molecule has 2 fully saturated rings. The lowest BCUT2D eigenvalue weighted by molar-refractivity contribution is -0.126. The van der Waals surface area contributed by atoms with Crippen LogP contribution in [0.15, 0.2) is 24.3 Å². The monoisotopic (exact) mass is 326 g/mol. The van der Waals surface area contributed by atoms with Crippen LogP contribution in [0.5, 0.6) is 0 Å². The van der Waals surface area contributed by atoms with Crippen molar-refractivity contribution >= 4 is 11.9 Å². The number of rotatable bonds is 2. The van der Waals surface area contributed by atoms with Crippen LogP contribution >= 0.6 is 0 Å². The fourth-order valence-electron chi connectivity index (χ4n) is 3.60. The highest BCUT2D eigenvalue weighted by molar-refractivity contribution is 5.86. The molecule has 126 valence electrons. The number of hydrogen-bond donors (Lipinski definition) is 2. The summed E-state index contributed by atoms with van der Waals surface area (Å²) in [5.74, 6) is -0.0840. The van der Waals surface area contributed by atoms with Gasteiger partial charge in [-0.25, -0.2) is 4.79 Å².